The van der Waals surface area contributed by atoms with Gasteiger partial charge in [-0.15, -0.1) is 0 Å². The average molecular weight is 378 g/mol. The maximum absolute atomic E-state index is 12.2. The van der Waals surface area contributed by atoms with Crippen LogP contribution in [0.5, 0.6) is 17.2 Å². The predicted molar refractivity (Wildman–Crippen MR) is 105 cm³/mol. The van der Waals surface area contributed by atoms with Crippen molar-refractivity contribution in [1.82, 2.24) is 0 Å². The Balaban J connectivity index is 1.72. The molecular formula is C21H18N2O5. The van der Waals surface area contributed by atoms with E-state index in [1.807, 2.05) is 31.2 Å². The minimum atomic E-state index is -0.544. The van der Waals surface area contributed by atoms with Crippen LogP contribution in [0.3, 0.4) is 0 Å². The molecule has 0 spiro atoms. The zero-order valence-corrected chi connectivity index (χ0v) is 15.1. The SMILES string of the molecule is Cc1ccccc1OCC(=O)Nc1cc(Oc2ccccc2)cc([N+](=O)[O-])c1. The lowest BCUT2D eigenvalue weighted by Crippen LogP contribution is -2.20. The Morgan fingerprint density at radius 1 is 1.00 bits per heavy atom. The molecule has 7 nitrogen and oxygen atoms in total. The maximum atomic E-state index is 12.2. The number of hydrogen-bond donors (Lipinski definition) is 1. The summed E-state index contributed by atoms with van der Waals surface area (Å²) >= 11 is 0. The summed E-state index contributed by atoms with van der Waals surface area (Å²) < 4.78 is 11.1. The zero-order valence-electron chi connectivity index (χ0n) is 15.1. The number of aryl methyl sites for hydroxylation is 1. The normalized spacial score (nSPS) is 10.2. The standard InChI is InChI=1S/C21H18N2O5/c1-15-7-5-6-10-20(15)27-14-21(24)22-16-11-17(23(25)26)13-19(12-16)28-18-8-3-2-4-9-18/h2-13H,14H2,1H3,(H,22,24). The van der Waals surface area contributed by atoms with E-state index < -0.39 is 10.8 Å². The Morgan fingerprint density at radius 2 is 1.71 bits per heavy atom. The minimum absolute atomic E-state index is 0.191. The first kappa shape index (κ1) is 18.9. The van der Waals surface area contributed by atoms with Crippen LogP contribution in [0.1, 0.15) is 5.56 Å². The van der Waals surface area contributed by atoms with Crippen LogP contribution in [0.2, 0.25) is 0 Å². The molecule has 3 rings (SSSR count). The van der Waals surface area contributed by atoms with Crippen molar-refractivity contribution in [2.45, 2.75) is 6.92 Å². The van der Waals surface area contributed by atoms with E-state index in [2.05, 4.69) is 5.32 Å². The summed E-state index contributed by atoms with van der Waals surface area (Å²) in [5.41, 5.74) is 0.964. The van der Waals surface area contributed by atoms with Crippen LogP contribution in [-0.2, 0) is 4.79 Å². The monoisotopic (exact) mass is 378 g/mol. The number of hydrogen-bond acceptors (Lipinski definition) is 5. The van der Waals surface area contributed by atoms with Crippen molar-refractivity contribution in [3.05, 3.63) is 88.5 Å². The first-order valence-electron chi connectivity index (χ1n) is 8.52. The van der Waals surface area contributed by atoms with Crippen molar-refractivity contribution in [3.63, 3.8) is 0 Å². The smallest absolute Gasteiger partial charge is 0.275 e. The second kappa shape index (κ2) is 8.68. The molecule has 0 heterocycles. The molecule has 0 aliphatic rings. The lowest BCUT2D eigenvalue weighted by atomic mass is 10.2. The number of ether oxygens (including phenoxy) is 2. The molecule has 0 aliphatic carbocycles. The van der Waals surface area contributed by atoms with Gasteiger partial charge in [-0.3, -0.25) is 14.9 Å². The summed E-state index contributed by atoms with van der Waals surface area (Å²) in [6.45, 7) is 1.66. The Hall–Kier alpha value is -3.87. The molecule has 0 fully saturated rings. The number of nitro groups is 1. The number of rotatable bonds is 7. The quantitative estimate of drug-likeness (QED) is 0.475. The van der Waals surface area contributed by atoms with Gasteiger partial charge in [0.2, 0.25) is 0 Å². The largest absolute Gasteiger partial charge is 0.483 e. The number of para-hydroxylation sites is 2. The van der Waals surface area contributed by atoms with Crippen LogP contribution in [0.15, 0.2) is 72.8 Å². The Labute approximate surface area is 161 Å². The molecule has 0 unspecified atom stereocenters. The van der Waals surface area contributed by atoms with Crippen LogP contribution in [0.4, 0.5) is 11.4 Å². The molecule has 0 aliphatic heterocycles. The van der Waals surface area contributed by atoms with Gasteiger partial charge in [-0.2, -0.15) is 0 Å². The topological polar surface area (TPSA) is 90.7 Å². The third-order valence-electron chi connectivity index (χ3n) is 3.82. The second-order valence-corrected chi connectivity index (χ2v) is 5.99. The summed E-state index contributed by atoms with van der Waals surface area (Å²) in [7, 11) is 0. The van der Waals surface area contributed by atoms with Gasteiger partial charge in [0.05, 0.1) is 16.7 Å². The van der Waals surface area contributed by atoms with Crippen LogP contribution >= 0.6 is 0 Å². The first-order chi connectivity index (χ1) is 13.5. The zero-order chi connectivity index (χ0) is 19.9. The van der Waals surface area contributed by atoms with Gasteiger partial charge in [0, 0.05) is 12.1 Å². The third-order valence-corrected chi connectivity index (χ3v) is 3.82. The number of nitrogens with zero attached hydrogens (tertiary/aromatic N) is 1. The van der Waals surface area contributed by atoms with Gasteiger partial charge in [-0.1, -0.05) is 36.4 Å². The van der Waals surface area contributed by atoms with Gasteiger partial charge >= 0.3 is 0 Å². The van der Waals surface area contributed by atoms with E-state index in [9.17, 15) is 14.9 Å². The predicted octanol–water partition coefficient (Wildman–Crippen LogP) is 4.71. The number of nitrogens with one attached hydrogen (secondary N) is 1. The van der Waals surface area contributed by atoms with Gasteiger partial charge in [0.25, 0.3) is 11.6 Å². The Morgan fingerprint density at radius 3 is 2.43 bits per heavy atom. The van der Waals surface area contributed by atoms with Crippen molar-refractivity contribution in [2.75, 3.05) is 11.9 Å². The van der Waals surface area contributed by atoms with Crippen LogP contribution in [-0.4, -0.2) is 17.4 Å². The highest BCUT2D eigenvalue weighted by atomic mass is 16.6. The highest BCUT2D eigenvalue weighted by molar-refractivity contribution is 5.92. The molecule has 142 valence electrons. The average Bonchev–Trinajstić information content (AvgIpc) is 2.68. The van der Waals surface area contributed by atoms with E-state index >= 15 is 0 Å². The number of carbonyl (C=O) groups is 1. The highest BCUT2D eigenvalue weighted by Gasteiger charge is 2.13. The van der Waals surface area contributed by atoms with Crippen LogP contribution < -0.4 is 14.8 Å². The van der Waals surface area contributed by atoms with E-state index in [1.54, 1.807) is 30.3 Å². The molecule has 0 bridgehead atoms. The molecule has 3 aromatic rings. The van der Waals surface area contributed by atoms with Crippen molar-refractivity contribution >= 4 is 17.3 Å². The van der Waals surface area contributed by atoms with E-state index in [0.717, 1.165) is 5.56 Å². The van der Waals surface area contributed by atoms with Gasteiger partial charge in [-0.05, 0) is 30.7 Å². The molecule has 0 saturated heterocycles. The number of benzene rings is 3. The Kier molecular flexibility index (Phi) is 5.86. The fraction of sp³-hybridized carbons (Fsp3) is 0.0952. The fourth-order valence-electron chi connectivity index (χ4n) is 2.50. The maximum Gasteiger partial charge on any atom is 0.275 e. The molecule has 28 heavy (non-hydrogen) atoms. The molecule has 1 amide bonds. The number of nitro benzene ring substituents is 1. The molecule has 0 radical (unpaired) electrons. The third kappa shape index (κ3) is 5.07. The molecule has 3 aromatic carbocycles. The van der Waals surface area contributed by atoms with Crippen molar-refractivity contribution in [1.29, 1.82) is 0 Å². The molecule has 0 saturated carbocycles. The number of amides is 1. The molecule has 0 atom stereocenters. The molecular weight excluding hydrogens is 360 g/mol. The van der Waals surface area contributed by atoms with Gasteiger partial charge in [-0.25, -0.2) is 0 Å². The minimum Gasteiger partial charge on any atom is -0.483 e. The van der Waals surface area contributed by atoms with Gasteiger partial charge in [0.1, 0.15) is 17.2 Å². The van der Waals surface area contributed by atoms with Gasteiger partial charge < -0.3 is 14.8 Å². The van der Waals surface area contributed by atoms with Crippen LogP contribution in [0.25, 0.3) is 0 Å². The van der Waals surface area contributed by atoms with Crippen LogP contribution in [0, 0.1) is 17.0 Å². The summed E-state index contributed by atoms with van der Waals surface area (Å²) in [6, 6.07) is 20.3. The first-order valence-corrected chi connectivity index (χ1v) is 8.52. The fourth-order valence-corrected chi connectivity index (χ4v) is 2.50. The highest BCUT2D eigenvalue weighted by Crippen LogP contribution is 2.29. The van der Waals surface area contributed by atoms with E-state index in [1.165, 1.54) is 18.2 Å². The van der Waals surface area contributed by atoms with Gasteiger partial charge in [0.15, 0.2) is 6.61 Å². The lowest BCUT2D eigenvalue weighted by Gasteiger charge is -2.11. The molecule has 0 aromatic heterocycles. The van der Waals surface area contributed by atoms with E-state index in [0.29, 0.717) is 11.5 Å². The number of carbonyl (C=O) groups excluding carboxylic acids is 1. The summed E-state index contributed by atoms with van der Waals surface area (Å²) in [5.74, 6) is 0.942. The lowest BCUT2D eigenvalue weighted by molar-refractivity contribution is -0.384. The Bertz CT molecular complexity index is 989. The summed E-state index contributed by atoms with van der Waals surface area (Å²) in [6.07, 6.45) is 0. The molecule has 1 N–H and O–H groups in total. The van der Waals surface area contributed by atoms with Crippen molar-refractivity contribution < 1.29 is 19.2 Å². The summed E-state index contributed by atoms with van der Waals surface area (Å²) in [4.78, 5) is 22.9. The second-order valence-electron chi connectivity index (χ2n) is 5.99. The molecule has 7 heteroatoms. The van der Waals surface area contributed by atoms with E-state index in [4.69, 9.17) is 9.47 Å². The van der Waals surface area contributed by atoms with Crippen molar-refractivity contribution in [2.24, 2.45) is 0 Å². The summed E-state index contributed by atoms with van der Waals surface area (Å²) in [5, 5.41) is 13.8. The number of non-ortho nitro benzene ring substituents is 1. The van der Waals surface area contributed by atoms with E-state index in [-0.39, 0.29) is 23.7 Å². The number of anilines is 1. The van der Waals surface area contributed by atoms with Crippen molar-refractivity contribution in [3.8, 4) is 17.2 Å².